The molecule has 0 N–H and O–H groups in total. The Hall–Kier alpha value is -2.42. The Bertz CT molecular complexity index is 945. The molecule has 3 nitrogen and oxygen atoms in total. The van der Waals surface area contributed by atoms with Crippen LogP contribution < -0.4 is 4.74 Å². The van der Waals surface area contributed by atoms with Crippen molar-refractivity contribution in [1.82, 2.24) is 0 Å². The second-order valence-corrected chi connectivity index (χ2v) is 7.76. The molecule has 1 heterocycles. The number of fused-ring (bicyclic) bond motifs is 3. The van der Waals surface area contributed by atoms with Crippen LogP contribution in [0.4, 0.5) is 0 Å². The van der Waals surface area contributed by atoms with E-state index in [0.29, 0.717) is 17.8 Å². The van der Waals surface area contributed by atoms with Crippen LogP contribution in [0.1, 0.15) is 33.3 Å². The molecule has 0 amide bonds. The first-order valence-electron chi connectivity index (χ1n) is 8.26. The smallest absolute Gasteiger partial charge is 0.175 e. The van der Waals surface area contributed by atoms with Crippen LogP contribution in [-0.2, 0) is 16.0 Å². The van der Waals surface area contributed by atoms with E-state index >= 15 is 0 Å². The lowest BCUT2D eigenvalue weighted by atomic mass is 9.62. The molecular formula is C21H20O3. The summed E-state index contributed by atoms with van der Waals surface area (Å²) in [4.78, 5) is 25.8. The van der Waals surface area contributed by atoms with Gasteiger partial charge in [0, 0.05) is 17.6 Å². The second kappa shape index (κ2) is 4.56. The number of ketones is 2. The van der Waals surface area contributed by atoms with Crippen LogP contribution >= 0.6 is 0 Å². The maximum Gasteiger partial charge on any atom is 0.175 e. The van der Waals surface area contributed by atoms with E-state index in [1.165, 1.54) is 0 Å². The zero-order valence-corrected chi connectivity index (χ0v) is 14.4. The molecule has 0 radical (unpaired) electrons. The zero-order valence-electron chi connectivity index (χ0n) is 14.4. The highest BCUT2D eigenvalue weighted by Crippen LogP contribution is 2.49. The quantitative estimate of drug-likeness (QED) is 0.682. The van der Waals surface area contributed by atoms with E-state index in [0.717, 1.165) is 22.1 Å². The van der Waals surface area contributed by atoms with Crippen LogP contribution in [0.15, 0.2) is 47.7 Å². The molecule has 1 aliphatic carbocycles. The van der Waals surface area contributed by atoms with Crippen molar-refractivity contribution in [3.63, 3.8) is 0 Å². The van der Waals surface area contributed by atoms with Gasteiger partial charge < -0.3 is 4.74 Å². The Balaban J connectivity index is 1.95. The molecule has 2 aromatic rings. The number of carbonyl (C=O) groups excluding carboxylic acids is 2. The normalized spacial score (nSPS) is 21.3. The summed E-state index contributed by atoms with van der Waals surface area (Å²) in [5, 5.41) is 2.23. The number of hydrogen-bond acceptors (Lipinski definition) is 3. The summed E-state index contributed by atoms with van der Waals surface area (Å²) in [6.07, 6.45) is 0.519. The van der Waals surface area contributed by atoms with Crippen LogP contribution in [0.3, 0.4) is 0 Å². The first kappa shape index (κ1) is 15.1. The third kappa shape index (κ3) is 1.78. The largest absolute Gasteiger partial charge is 0.460 e. The molecule has 24 heavy (non-hydrogen) atoms. The number of benzene rings is 2. The number of carbonyl (C=O) groups is 2. The molecule has 3 heteroatoms. The Kier molecular flexibility index (Phi) is 2.88. The van der Waals surface area contributed by atoms with E-state index in [1.54, 1.807) is 13.8 Å². The number of rotatable bonds is 0. The van der Waals surface area contributed by atoms with Crippen LogP contribution in [0.2, 0.25) is 0 Å². The van der Waals surface area contributed by atoms with Crippen LogP contribution in [0, 0.1) is 10.8 Å². The van der Waals surface area contributed by atoms with Crippen LogP contribution in [-0.4, -0.2) is 11.6 Å². The van der Waals surface area contributed by atoms with Gasteiger partial charge in [0.15, 0.2) is 11.6 Å². The predicted molar refractivity (Wildman–Crippen MR) is 92.9 cm³/mol. The van der Waals surface area contributed by atoms with Gasteiger partial charge in [-0.2, -0.15) is 0 Å². The van der Waals surface area contributed by atoms with Crippen LogP contribution in [0.5, 0.6) is 5.75 Å². The summed E-state index contributed by atoms with van der Waals surface area (Å²) in [6.45, 7) is 7.15. The minimum absolute atomic E-state index is 0.0806. The molecule has 0 atom stereocenters. The highest BCUT2D eigenvalue weighted by atomic mass is 16.5. The Morgan fingerprint density at radius 1 is 0.917 bits per heavy atom. The molecule has 0 spiro atoms. The standard InChI is InChI=1S/C21H20O3/c1-20(2)17(22)15-11-14-13-8-6-5-7-12(13)9-10-16(14)24-18(15)21(3,4)19(20)23/h5-10H,11H2,1-4H3. The maximum absolute atomic E-state index is 13.0. The van der Waals surface area contributed by atoms with E-state index in [9.17, 15) is 9.59 Å². The highest BCUT2D eigenvalue weighted by Gasteiger charge is 2.54. The van der Waals surface area contributed by atoms with Gasteiger partial charge in [0.25, 0.3) is 0 Å². The molecule has 122 valence electrons. The lowest BCUT2D eigenvalue weighted by Gasteiger charge is -2.42. The van der Waals surface area contributed by atoms with Crippen molar-refractivity contribution < 1.29 is 14.3 Å². The summed E-state index contributed by atoms with van der Waals surface area (Å²) in [5.41, 5.74) is -0.126. The van der Waals surface area contributed by atoms with E-state index < -0.39 is 10.8 Å². The van der Waals surface area contributed by atoms with Crippen molar-refractivity contribution in [2.45, 2.75) is 34.1 Å². The zero-order chi connectivity index (χ0) is 17.3. The van der Waals surface area contributed by atoms with Crippen molar-refractivity contribution in [2.24, 2.45) is 10.8 Å². The monoisotopic (exact) mass is 320 g/mol. The third-order valence-electron chi connectivity index (χ3n) is 5.38. The first-order chi connectivity index (χ1) is 11.2. The minimum Gasteiger partial charge on any atom is -0.460 e. The van der Waals surface area contributed by atoms with Gasteiger partial charge in [0.05, 0.1) is 10.8 Å². The van der Waals surface area contributed by atoms with Gasteiger partial charge in [-0.05, 0) is 44.5 Å². The Morgan fingerprint density at radius 2 is 1.62 bits per heavy atom. The molecule has 2 aromatic carbocycles. The maximum atomic E-state index is 13.0. The number of allylic oxidation sites excluding steroid dienone is 2. The predicted octanol–water partition coefficient (Wildman–Crippen LogP) is 4.23. The summed E-state index contributed by atoms with van der Waals surface area (Å²) < 4.78 is 6.13. The van der Waals surface area contributed by atoms with Gasteiger partial charge in [-0.15, -0.1) is 0 Å². The van der Waals surface area contributed by atoms with E-state index in [2.05, 4.69) is 12.1 Å². The molecule has 1 aliphatic heterocycles. The second-order valence-electron chi connectivity index (χ2n) is 7.76. The van der Waals surface area contributed by atoms with Gasteiger partial charge in [-0.1, -0.05) is 30.3 Å². The van der Waals surface area contributed by atoms with Gasteiger partial charge >= 0.3 is 0 Å². The highest BCUT2D eigenvalue weighted by molar-refractivity contribution is 6.19. The van der Waals surface area contributed by atoms with Crippen molar-refractivity contribution in [1.29, 1.82) is 0 Å². The Morgan fingerprint density at radius 3 is 2.38 bits per heavy atom. The molecule has 0 saturated carbocycles. The molecule has 0 unspecified atom stereocenters. The molecule has 0 saturated heterocycles. The number of hydrogen-bond donors (Lipinski definition) is 0. The molecular weight excluding hydrogens is 300 g/mol. The van der Waals surface area contributed by atoms with Crippen molar-refractivity contribution in [3.8, 4) is 5.75 Å². The van der Waals surface area contributed by atoms with E-state index in [4.69, 9.17) is 4.74 Å². The van der Waals surface area contributed by atoms with Crippen molar-refractivity contribution >= 4 is 22.3 Å². The summed E-state index contributed by atoms with van der Waals surface area (Å²) in [7, 11) is 0. The van der Waals surface area contributed by atoms with Gasteiger partial charge in [-0.25, -0.2) is 0 Å². The first-order valence-corrected chi connectivity index (χ1v) is 8.26. The van der Waals surface area contributed by atoms with E-state index in [-0.39, 0.29) is 11.6 Å². The summed E-state index contributed by atoms with van der Waals surface area (Å²) >= 11 is 0. The SMILES string of the molecule is CC1(C)C(=O)C2=C(Oc3ccc4ccccc4c3C2)C(C)(C)C1=O. The molecule has 4 rings (SSSR count). The van der Waals surface area contributed by atoms with Crippen molar-refractivity contribution in [2.75, 3.05) is 0 Å². The minimum atomic E-state index is -1.01. The fraction of sp³-hybridized carbons (Fsp3) is 0.333. The number of ether oxygens (including phenoxy) is 1. The van der Waals surface area contributed by atoms with Crippen LogP contribution in [0.25, 0.3) is 10.8 Å². The van der Waals surface area contributed by atoms with E-state index in [1.807, 2.05) is 38.1 Å². The van der Waals surface area contributed by atoms with Gasteiger partial charge in [0.2, 0.25) is 0 Å². The summed E-state index contributed by atoms with van der Waals surface area (Å²) in [5.74, 6) is 1.09. The Labute approximate surface area is 141 Å². The number of Topliss-reactive ketones (excluding diaryl/α,β-unsaturated/α-hetero) is 2. The molecule has 2 aliphatic rings. The average Bonchev–Trinajstić information content (AvgIpc) is 2.58. The fourth-order valence-electron chi connectivity index (χ4n) is 4.08. The topological polar surface area (TPSA) is 43.4 Å². The molecule has 0 fully saturated rings. The molecule has 0 bridgehead atoms. The lowest BCUT2D eigenvalue weighted by Crippen LogP contribution is -2.50. The third-order valence-corrected chi connectivity index (χ3v) is 5.38. The average molecular weight is 320 g/mol. The van der Waals surface area contributed by atoms with Gasteiger partial charge in [0.1, 0.15) is 11.5 Å². The van der Waals surface area contributed by atoms with Crippen molar-refractivity contribution in [3.05, 3.63) is 53.3 Å². The molecule has 0 aromatic heterocycles. The fourth-order valence-corrected chi connectivity index (χ4v) is 4.08. The van der Waals surface area contributed by atoms with Gasteiger partial charge in [-0.3, -0.25) is 9.59 Å². The lowest BCUT2D eigenvalue weighted by molar-refractivity contribution is -0.144. The summed E-state index contributed by atoms with van der Waals surface area (Å²) in [6, 6.07) is 12.1.